The first-order valence-electron chi connectivity index (χ1n) is 9.88. The molecule has 166 valence electrons. The van der Waals surface area contributed by atoms with Crippen LogP contribution in [0.5, 0.6) is 17.4 Å². The Bertz CT molecular complexity index is 1420. The molecule has 0 bridgehead atoms. The van der Waals surface area contributed by atoms with Gasteiger partial charge in [-0.3, -0.25) is 9.89 Å². The van der Waals surface area contributed by atoms with Gasteiger partial charge in [0, 0.05) is 21.3 Å². The van der Waals surface area contributed by atoms with Crippen molar-refractivity contribution in [3.8, 4) is 34.7 Å². The van der Waals surface area contributed by atoms with Gasteiger partial charge in [-0.05, 0) is 36.8 Å². The number of aryl methyl sites for hydroxylation is 1. The van der Waals surface area contributed by atoms with Crippen LogP contribution < -0.4 is 25.3 Å². The van der Waals surface area contributed by atoms with Crippen LogP contribution in [-0.2, 0) is 10.2 Å². The zero-order valence-corrected chi connectivity index (χ0v) is 19.5. The first-order chi connectivity index (χ1) is 15.9. The van der Waals surface area contributed by atoms with E-state index in [2.05, 4.69) is 37.5 Å². The standard InChI is InChI=1S/C23H18BrN5O4/c1-10-4-6-13-16(18(10)24)23(22(30)27-13)12(9-25)20(26)33-21-17(23)19(28-29-21)11-5-7-14(31-2)15(8-11)32-3/h4-8H,26H2,1-3H3,(H,27,30)(H,28,29)/t23-/m1/s1. The second-order valence-electron chi connectivity index (χ2n) is 7.62. The predicted octanol–water partition coefficient (Wildman–Crippen LogP) is 3.49. The lowest BCUT2D eigenvalue weighted by molar-refractivity contribution is -0.118. The van der Waals surface area contributed by atoms with Gasteiger partial charge in [-0.1, -0.05) is 22.0 Å². The number of amides is 1. The van der Waals surface area contributed by atoms with E-state index in [0.717, 1.165) is 5.56 Å². The number of aromatic nitrogens is 2. The highest BCUT2D eigenvalue weighted by Crippen LogP contribution is 2.57. The molecule has 1 aromatic heterocycles. The average Bonchev–Trinajstić information content (AvgIpc) is 3.36. The monoisotopic (exact) mass is 507 g/mol. The summed E-state index contributed by atoms with van der Waals surface area (Å²) in [6.07, 6.45) is 0. The van der Waals surface area contributed by atoms with Gasteiger partial charge in [0.1, 0.15) is 17.1 Å². The summed E-state index contributed by atoms with van der Waals surface area (Å²) < 4.78 is 17.2. The highest BCUT2D eigenvalue weighted by atomic mass is 79.9. The Hall–Kier alpha value is -3.97. The fourth-order valence-electron chi connectivity index (χ4n) is 4.51. The molecule has 0 radical (unpaired) electrons. The van der Waals surface area contributed by atoms with Crippen LogP contribution >= 0.6 is 15.9 Å². The molecule has 3 heterocycles. The number of nitrogens with one attached hydrogen (secondary N) is 2. The molecule has 1 atom stereocenters. The fourth-order valence-corrected chi connectivity index (χ4v) is 5.15. The third kappa shape index (κ3) is 2.63. The number of carbonyl (C=O) groups excluding carboxylic acids is 1. The molecule has 4 N–H and O–H groups in total. The number of hydrogen-bond donors (Lipinski definition) is 3. The molecule has 5 rings (SSSR count). The van der Waals surface area contributed by atoms with Crippen LogP contribution in [0, 0.1) is 18.3 Å². The van der Waals surface area contributed by atoms with Crippen LogP contribution in [0.4, 0.5) is 5.69 Å². The van der Waals surface area contributed by atoms with Crippen molar-refractivity contribution >= 4 is 27.5 Å². The highest BCUT2D eigenvalue weighted by molar-refractivity contribution is 9.10. The highest BCUT2D eigenvalue weighted by Gasteiger charge is 2.59. The molecule has 0 saturated carbocycles. The second-order valence-corrected chi connectivity index (χ2v) is 8.42. The largest absolute Gasteiger partial charge is 0.493 e. The minimum absolute atomic E-state index is 0.0133. The Balaban J connectivity index is 1.88. The van der Waals surface area contributed by atoms with Gasteiger partial charge in [-0.25, -0.2) is 0 Å². The van der Waals surface area contributed by atoms with Crippen molar-refractivity contribution in [2.75, 3.05) is 19.5 Å². The molecule has 1 amide bonds. The summed E-state index contributed by atoms with van der Waals surface area (Å²) in [5, 5.41) is 20.3. The molecule has 2 aliphatic heterocycles. The second kappa shape index (κ2) is 7.28. The van der Waals surface area contributed by atoms with E-state index in [1.165, 1.54) is 7.11 Å². The summed E-state index contributed by atoms with van der Waals surface area (Å²) in [6, 6.07) is 11.1. The van der Waals surface area contributed by atoms with Crippen molar-refractivity contribution in [2.45, 2.75) is 12.3 Å². The third-order valence-corrected chi connectivity index (χ3v) is 7.04. The van der Waals surface area contributed by atoms with E-state index in [0.29, 0.717) is 44.0 Å². The van der Waals surface area contributed by atoms with E-state index in [9.17, 15) is 10.1 Å². The number of hydrogen-bond acceptors (Lipinski definition) is 7. The zero-order chi connectivity index (χ0) is 23.5. The van der Waals surface area contributed by atoms with Crippen molar-refractivity contribution < 1.29 is 19.0 Å². The van der Waals surface area contributed by atoms with E-state index < -0.39 is 11.3 Å². The van der Waals surface area contributed by atoms with Gasteiger partial charge in [0.05, 0.1) is 25.5 Å². The normalized spacial score (nSPS) is 18.3. The maximum Gasteiger partial charge on any atom is 0.245 e. The summed E-state index contributed by atoms with van der Waals surface area (Å²) >= 11 is 3.64. The minimum atomic E-state index is -1.57. The van der Waals surface area contributed by atoms with Crippen molar-refractivity contribution in [1.82, 2.24) is 10.2 Å². The van der Waals surface area contributed by atoms with Gasteiger partial charge in [-0.2, -0.15) is 5.26 Å². The number of fused-ring (bicyclic) bond motifs is 4. The molecule has 2 aromatic carbocycles. The number of H-pyrrole nitrogens is 1. The number of aromatic amines is 1. The number of rotatable bonds is 3. The lowest BCUT2D eigenvalue weighted by Crippen LogP contribution is -2.42. The molecular formula is C23H18BrN5O4. The Morgan fingerprint density at radius 2 is 1.94 bits per heavy atom. The van der Waals surface area contributed by atoms with Crippen molar-refractivity contribution in [3.63, 3.8) is 0 Å². The molecule has 1 spiro atoms. The Morgan fingerprint density at radius 3 is 2.64 bits per heavy atom. The van der Waals surface area contributed by atoms with Crippen molar-refractivity contribution in [3.05, 3.63) is 63.0 Å². The van der Waals surface area contributed by atoms with Crippen molar-refractivity contribution in [1.29, 1.82) is 5.26 Å². The van der Waals surface area contributed by atoms with E-state index in [1.54, 1.807) is 31.4 Å². The first-order valence-corrected chi connectivity index (χ1v) is 10.7. The summed E-state index contributed by atoms with van der Waals surface area (Å²) in [4.78, 5) is 13.7. The molecular weight excluding hydrogens is 490 g/mol. The molecule has 2 aliphatic rings. The topological polar surface area (TPSA) is 135 Å². The number of carbonyl (C=O) groups is 1. The van der Waals surface area contributed by atoms with E-state index in [4.69, 9.17) is 19.9 Å². The Kier molecular flexibility index (Phi) is 4.61. The predicted molar refractivity (Wildman–Crippen MR) is 123 cm³/mol. The lowest BCUT2D eigenvalue weighted by atomic mass is 9.68. The average molecular weight is 508 g/mol. The van der Waals surface area contributed by atoms with Gasteiger partial charge >= 0.3 is 0 Å². The van der Waals surface area contributed by atoms with Gasteiger partial charge < -0.3 is 25.3 Å². The Labute approximate surface area is 197 Å². The van der Waals surface area contributed by atoms with Gasteiger partial charge in [0.15, 0.2) is 11.5 Å². The molecule has 33 heavy (non-hydrogen) atoms. The summed E-state index contributed by atoms with van der Waals surface area (Å²) in [7, 11) is 3.08. The fraction of sp³-hybridized carbons (Fsp3) is 0.174. The van der Waals surface area contributed by atoms with Gasteiger partial charge in [0.25, 0.3) is 0 Å². The molecule has 9 nitrogen and oxygen atoms in total. The summed E-state index contributed by atoms with van der Waals surface area (Å²) in [5.41, 5.74) is 8.16. The number of anilines is 1. The summed E-state index contributed by atoms with van der Waals surface area (Å²) in [6.45, 7) is 1.91. The summed E-state index contributed by atoms with van der Waals surface area (Å²) in [5.74, 6) is 0.563. The van der Waals surface area contributed by atoms with Crippen LogP contribution in [0.3, 0.4) is 0 Å². The van der Waals surface area contributed by atoms with E-state index in [1.807, 2.05) is 13.0 Å². The quantitative estimate of drug-likeness (QED) is 0.493. The minimum Gasteiger partial charge on any atom is -0.493 e. The first kappa shape index (κ1) is 20.9. The van der Waals surface area contributed by atoms with E-state index in [-0.39, 0.29) is 17.3 Å². The Morgan fingerprint density at radius 1 is 1.18 bits per heavy atom. The number of benzene rings is 2. The van der Waals surface area contributed by atoms with Crippen LogP contribution in [-0.4, -0.2) is 30.3 Å². The smallest absolute Gasteiger partial charge is 0.245 e. The SMILES string of the molecule is COc1ccc(-c2[nH]nc3c2[C@@]2(C(=O)Nc4ccc(C)c(Br)c42)C(C#N)=C(N)O3)cc1OC. The molecule has 0 unspecified atom stereocenters. The van der Waals surface area contributed by atoms with Gasteiger partial charge in [0.2, 0.25) is 17.7 Å². The van der Waals surface area contributed by atoms with Crippen molar-refractivity contribution in [2.24, 2.45) is 5.73 Å². The number of halogens is 1. The van der Waals surface area contributed by atoms with Crippen LogP contribution in [0.15, 0.2) is 46.3 Å². The van der Waals surface area contributed by atoms with Crippen LogP contribution in [0.1, 0.15) is 16.7 Å². The molecule has 0 saturated heterocycles. The van der Waals surface area contributed by atoms with Gasteiger partial charge in [-0.15, -0.1) is 5.10 Å². The number of ether oxygens (including phenoxy) is 3. The molecule has 10 heteroatoms. The number of methoxy groups -OCH3 is 2. The molecule has 0 aliphatic carbocycles. The number of nitriles is 1. The van der Waals surface area contributed by atoms with E-state index >= 15 is 0 Å². The third-order valence-electron chi connectivity index (χ3n) is 6.02. The van der Waals surface area contributed by atoms with Crippen LogP contribution in [0.2, 0.25) is 0 Å². The maximum atomic E-state index is 13.7. The lowest BCUT2D eigenvalue weighted by Gasteiger charge is -2.32. The maximum absolute atomic E-state index is 13.7. The number of nitrogens with zero attached hydrogens (tertiary/aromatic N) is 2. The molecule has 0 fully saturated rings. The van der Waals surface area contributed by atoms with Crippen LogP contribution in [0.25, 0.3) is 11.3 Å². The molecule has 3 aromatic rings. The number of nitrogens with two attached hydrogens (primary N) is 1. The zero-order valence-electron chi connectivity index (χ0n) is 17.9.